The third-order valence-corrected chi connectivity index (χ3v) is 9.71. The van der Waals surface area contributed by atoms with Gasteiger partial charge in [0, 0.05) is 5.02 Å². The van der Waals surface area contributed by atoms with E-state index >= 15 is 0 Å². The van der Waals surface area contributed by atoms with Crippen molar-refractivity contribution in [2.45, 2.75) is 21.6 Å². The molecule has 0 unspecified atom stereocenters. The van der Waals surface area contributed by atoms with Gasteiger partial charge in [-0.2, -0.15) is 8.42 Å². The van der Waals surface area contributed by atoms with Crippen LogP contribution in [0.5, 0.6) is 17.2 Å². The molecule has 0 aromatic heterocycles. The number of phenolic OH excluding ortho intramolecular Hbond substituents is 1. The molecule has 3 N–H and O–H groups in total. The minimum absolute atomic E-state index is 0. The number of ether oxygens (including phenoxy) is 1. The summed E-state index contributed by atoms with van der Waals surface area (Å²) < 4.78 is 105. The van der Waals surface area contributed by atoms with Crippen LogP contribution in [0.25, 0.3) is 10.8 Å². The summed E-state index contributed by atoms with van der Waals surface area (Å²) in [6.07, 6.45) is 0. The molecule has 0 saturated heterocycles. The fourth-order valence-corrected chi connectivity index (χ4v) is 6.69. The molecule has 48 heavy (non-hydrogen) atoms. The van der Waals surface area contributed by atoms with Crippen LogP contribution in [-0.4, -0.2) is 39.5 Å². The molecule has 0 radical (unpaired) electrons. The predicted molar refractivity (Wildman–Crippen MR) is 168 cm³/mol. The van der Waals surface area contributed by atoms with E-state index in [4.69, 9.17) is 16.3 Å². The molecular weight excluding hydrogens is 728 g/mol. The number of hydrogen-bond acceptors (Lipinski definition) is 11. The number of rotatable bonds is 9. The van der Waals surface area contributed by atoms with Crippen LogP contribution in [-0.2, 0) is 30.3 Å². The first-order valence-electron chi connectivity index (χ1n) is 12.8. The number of benzene rings is 5. The molecule has 0 saturated carbocycles. The van der Waals surface area contributed by atoms with Gasteiger partial charge in [0.2, 0.25) is 0 Å². The molecule has 0 aliphatic rings. The zero-order valence-corrected chi connectivity index (χ0v) is 32.5. The standard InChI is InChI=1S/C29H22ClN3O10S3.2Na/c1-17-7-10-21(11-8-17)44(35,36)33-24-16-22(45(37,38)39)13-18-14-26(46(40,41)42)28(29(34)27(18)24)32-31-23-15-19(30)9-12-25(23)43-20-5-3-2-4-6-20;;/h2-16,33-34H,1H3,(H,37,38,39)(H,40,41,42);;/q;2*+1/p-1. The molecule has 0 amide bonds. The fraction of sp³-hybridized carbons (Fsp3) is 0.0345. The maximum Gasteiger partial charge on any atom is 1.00 e. The summed E-state index contributed by atoms with van der Waals surface area (Å²) >= 11 is 6.13. The zero-order chi connectivity index (χ0) is 33.4. The molecule has 0 fully saturated rings. The first-order valence-corrected chi connectivity index (χ1v) is 17.5. The number of fused-ring (bicyclic) bond motifs is 1. The van der Waals surface area contributed by atoms with E-state index < -0.39 is 67.9 Å². The van der Waals surface area contributed by atoms with Crippen molar-refractivity contribution in [3.05, 3.63) is 102 Å². The monoisotopic (exact) mass is 748 g/mol. The second kappa shape index (κ2) is 15.5. The summed E-state index contributed by atoms with van der Waals surface area (Å²) in [6.45, 7) is 1.72. The van der Waals surface area contributed by atoms with E-state index in [-0.39, 0.29) is 80.5 Å². The fourth-order valence-electron chi connectivity index (χ4n) is 4.27. The average molecular weight is 749 g/mol. The van der Waals surface area contributed by atoms with Crippen LogP contribution in [0.1, 0.15) is 5.56 Å². The van der Waals surface area contributed by atoms with Gasteiger partial charge >= 0.3 is 59.1 Å². The second-order valence-corrected chi connectivity index (χ2v) is 14.6. The van der Waals surface area contributed by atoms with Gasteiger partial charge in [-0.3, -0.25) is 9.27 Å². The first kappa shape index (κ1) is 39.9. The van der Waals surface area contributed by atoms with E-state index in [9.17, 15) is 39.5 Å². The molecule has 5 aromatic carbocycles. The third-order valence-electron chi connectivity index (χ3n) is 6.42. The molecule has 5 rings (SSSR count). The average Bonchev–Trinajstić information content (AvgIpc) is 2.97. The summed E-state index contributed by atoms with van der Waals surface area (Å²) in [6, 6.07) is 20.4. The number of sulfonamides is 1. The molecule has 0 spiro atoms. The van der Waals surface area contributed by atoms with Crippen molar-refractivity contribution in [1.82, 2.24) is 0 Å². The van der Waals surface area contributed by atoms with E-state index in [1.165, 1.54) is 42.5 Å². The number of phenols is 1. The molecule has 238 valence electrons. The summed E-state index contributed by atoms with van der Waals surface area (Å²) in [5.41, 5.74) is -0.759. The van der Waals surface area contributed by atoms with Crippen LogP contribution in [0.3, 0.4) is 0 Å². The number of azo groups is 1. The SMILES string of the molecule is Cc1ccc(S(=O)(=O)Nc2cc(S(=O)(=O)[O-])cc3cc(S(=O)(=O)O)c(N=Nc4cc(Cl)ccc4Oc4ccccc4)c(O)c23)cc1.[Na+].[Na+]. The van der Waals surface area contributed by atoms with Crippen molar-refractivity contribution in [2.24, 2.45) is 10.2 Å². The quantitative estimate of drug-likeness (QED) is 0.109. The number of hydrogen-bond donors (Lipinski definition) is 3. The molecule has 0 aliphatic heterocycles. The Morgan fingerprint density at radius 2 is 1.46 bits per heavy atom. The smallest absolute Gasteiger partial charge is 0.744 e. The normalized spacial score (nSPS) is 11.9. The molecule has 0 heterocycles. The van der Waals surface area contributed by atoms with Gasteiger partial charge in [-0.1, -0.05) is 47.5 Å². The van der Waals surface area contributed by atoms with Crippen LogP contribution >= 0.6 is 11.6 Å². The van der Waals surface area contributed by atoms with E-state index in [0.29, 0.717) is 23.9 Å². The van der Waals surface area contributed by atoms with Gasteiger partial charge in [0.1, 0.15) is 32.1 Å². The van der Waals surface area contributed by atoms with Crippen LogP contribution < -0.4 is 68.6 Å². The van der Waals surface area contributed by atoms with Crippen molar-refractivity contribution >= 4 is 69.7 Å². The minimum Gasteiger partial charge on any atom is -0.744 e. The number of para-hydroxylation sites is 1. The number of nitrogens with one attached hydrogen (secondary N) is 1. The van der Waals surface area contributed by atoms with Gasteiger partial charge in [0.25, 0.3) is 20.1 Å². The zero-order valence-electron chi connectivity index (χ0n) is 25.3. The summed E-state index contributed by atoms with van der Waals surface area (Å²) in [5, 5.41) is 18.5. The Morgan fingerprint density at radius 3 is 2.06 bits per heavy atom. The van der Waals surface area contributed by atoms with Crippen molar-refractivity contribution in [3.63, 3.8) is 0 Å². The number of aromatic hydroxyl groups is 1. The second-order valence-electron chi connectivity index (χ2n) is 9.72. The maximum atomic E-state index is 13.2. The number of nitrogens with zero attached hydrogens (tertiary/aromatic N) is 2. The molecule has 0 atom stereocenters. The Labute approximate surface area is 325 Å². The van der Waals surface area contributed by atoms with Crippen molar-refractivity contribution in [1.29, 1.82) is 0 Å². The van der Waals surface area contributed by atoms with Crippen molar-refractivity contribution < 1.29 is 103 Å². The van der Waals surface area contributed by atoms with Crippen molar-refractivity contribution in [2.75, 3.05) is 4.72 Å². The Morgan fingerprint density at radius 1 is 0.812 bits per heavy atom. The summed E-state index contributed by atoms with van der Waals surface area (Å²) in [5.74, 6) is -0.508. The van der Waals surface area contributed by atoms with Gasteiger partial charge in [0.15, 0.2) is 11.5 Å². The number of aryl methyl sites for hydroxylation is 1. The Kier molecular flexibility index (Phi) is 12.9. The van der Waals surface area contributed by atoms with Crippen LogP contribution in [0.2, 0.25) is 5.02 Å². The minimum atomic E-state index is -5.24. The van der Waals surface area contributed by atoms with Crippen LogP contribution in [0.4, 0.5) is 17.1 Å². The number of anilines is 1. The van der Waals surface area contributed by atoms with Crippen LogP contribution in [0.15, 0.2) is 116 Å². The molecule has 5 aromatic rings. The molecule has 0 bridgehead atoms. The van der Waals surface area contributed by atoms with Gasteiger partial charge in [-0.25, -0.2) is 16.8 Å². The molecule has 0 aliphatic carbocycles. The summed E-state index contributed by atoms with van der Waals surface area (Å²) in [4.78, 5) is -2.25. The topological polar surface area (TPSA) is 212 Å². The van der Waals surface area contributed by atoms with Crippen molar-refractivity contribution in [3.8, 4) is 17.2 Å². The molecular formula is C29H21ClN3Na2O10S3+. The third kappa shape index (κ3) is 9.15. The number of halogens is 1. The van der Waals surface area contributed by atoms with Gasteiger partial charge in [-0.05, 0) is 73.0 Å². The van der Waals surface area contributed by atoms with E-state index in [0.717, 1.165) is 5.56 Å². The maximum absolute atomic E-state index is 13.2. The first-order chi connectivity index (χ1) is 21.5. The largest absolute Gasteiger partial charge is 1.00 e. The van der Waals surface area contributed by atoms with E-state index in [2.05, 4.69) is 15.0 Å². The Bertz CT molecular complexity index is 2360. The molecule has 13 nitrogen and oxygen atoms in total. The Hall–Kier alpha value is -2.58. The Balaban J connectivity index is 0.00000312. The van der Waals surface area contributed by atoms with Gasteiger partial charge in [-0.15, -0.1) is 10.2 Å². The molecule has 19 heteroatoms. The van der Waals surface area contributed by atoms with E-state index in [1.54, 1.807) is 37.3 Å². The summed E-state index contributed by atoms with van der Waals surface area (Å²) in [7, 11) is -14.9. The van der Waals surface area contributed by atoms with Gasteiger partial charge < -0.3 is 14.4 Å². The van der Waals surface area contributed by atoms with Crippen LogP contribution in [0, 0.1) is 6.92 Å². The predicted octanol–water partition coefficient (Wildman–Crippen LogP) is 0.675. The van der Waals surface area contributed by atoms with Gasteiger partial charge in [0.05, 0.1) is 20.9 Å². The van der Waals surface area contributed by atoms with E-state index in [1.807, 2.05) is 0 Å².